The lowest BCUT2D eigenvalue weighted by Crippen LogP contribution is -2.18. The van der Waals surface area contributed by atoms with E-state index < -0.39 is 0 Å². The second-order valence-electron chi connectivity index (χ2n) is 13.1. The molecular weight excluding hydrogens is 587 g/mol. The molecule has 4 aromatic carbocycles. The fourth-order valence-corrected chi connectivity index (χ4v) is 8.55. The molecule has 4 heteroatoms. The zero-order valence-electron chi connectivity index (χ0n) is 26.4. The fourth-order valence-electron chi connectivity index (χ4n) is 8.55. The van der Waals surface area contributed by atoms with Gasteiger partial charge in [-0.1, -0.05) is 91.0 Å². The average molecular weight is 618 g/mol. The van der Waals surface area contributed by atoms with Crippen molar-refractivity contribution in [2.75, 3.05) is 0 Å². The number of rotatable bonds is 4. The van der Waals surface area contributed by atoms with Crippen LogP contribution in [-0.2, 0) is 12.8 Å². The number of fused-ring (bicyclic) bond motifs is 10. The SMILES string of the molecule is N#Cc1cccc(Cc2cccc3c2OC2c4c(c5c(n4C4=CC=CCC4)C=CCC5)C=CC32)c1-n1c2ccc#cc2c2ccccc21. The summed E-state index contributed by atoms with van der Waals surface area (Å²) in [4.78, 5) is 0. The quantitative estimate of drug-likeness (QED) is 0.198. The number of aromatic nitrogens is 2. The van der Waals surface area contributed by atoms with Crippen LogP contribution in [0.1, 0.15) is 76.1 Å². The summed E-state index contributed by atoms with van der Waals surface area (Å²) < 4.78 is 11.9. The van der Waals surface area contributed by atoms with E-state index in [0.717, 1.165) is 70.1 Å². The molecule has 0 amide bonds. The molecule has 6 aromatic rings. The maximum Gasteiger partial charge on any atom is 0.150 e. The molecule has 3 aliphatic carbocycles. The minimum Gasteiger partial charge on any atom is -0.483 e. The molecule has 0 radical (unpaired) electrons. The lowest BCUT2D eigenvalue weighted by atomic mass is 9.85. The maximum atomic E-state index is 10.4. The maximum absolute atomic E-state index is 10.4. The normalized spacial score (nSPS) is 18.4. The minimum atomic E-state index is -0.0963. The third kappa shape index (κ3) is 3.84. The first-order valence-corrected chi connectivity index (χ1v) is 16.9. The Bertz CT molecular complexity index is 2440. The first-order valence-electron chi connectivity index (χ1n) is 16.9. The monoisotopic (exact) mass is 617 g/mol. The van der Waals surface area contributed by atoms with Crippen LogP contribution in [0, 0.1) is 23.5 Å². The van der Waals surface area contributed by atoms with E-state index >= 15 is 0 Å². The Hall–Kier alpha value is -5.97. The second-order valence-corrected chi connectivity index (χ2v) is 13.1. The Morgan fingerprint density at radius 1 is 0.875 bits per heavy atom. The van der Waals surface area contributed by atoms with Crippen molar-refractivity contribution in [2.24, 2.45) is 0 Å². The molecule has 0 saturated carbocycles. The van der Waals surface area contributed by atoms with Crippen LogP contribution in [0.5, 0.6) is 5.75 Å². The molecule has 0 saturated heterocycles. The van der Waals surface area contributed by atoms with Crippen LogP contribution in [-0.4, -0.2) is 9.13 Å². The van der Waals surface area contributed by atoms with Crippen LogP contribution in [0.3, 0.4) is 0 Å². The van der Waals surface area contributed by atoms with E-state index in [9.17, 15) is 5.26 Å². The van der Waals surface area contributed by atoms with Gasteiger partial charge in [-0.05, 0) is 78.8 Å². The first-order chi connectivity index (χ1) is 23.8. The molecule has 3 heterocycles. The molecule has 0 bridgehead atoms. The second kappa shape index (κ2) is 10.5. The first kappa shape index (κ1) is 27.2. The lowest BCUT2D eigenvalue weighted by molar-refractivity contribution is 0.214. The summed E-state index contributed by atoms with van der Waals surface area (Å²) in [5.74, 6) is 1.11. The van der Waals surface area contributed by atoms with E-state index in [2.05, 4.69) is 124 Å². The summed E-state index contributed by atoms with van der Waals surface area (Å²) in [7, 11) is 0. The Kier molecular flexibility index (Phi) is 5.96. The highest BCUT2D eigenvalue weighted by molar-refractivity contribution is 6.08. The van der Waals surface area contributed by atoms with Gasteiger partial charge in [0.05, 0.1) is 33.4 Å². The van der Waals surface area contributed by atoms with Crippen LogP contribution in [0.2, 0.25) is 0 Å². The fraction of sp³-hybridized carbons (Fsp3) is 0.159. The molecule has 2 aromatic heterocycles. The molecular formula is C44H31N3O. The Morgan fingerprint density at radius 2 is 1.77 bits per heavy atom. The van der Waals surface area contributed by atoms with Crippen molar-refractivity contribution in [3.63, 3.8) is 0 Å². The van der Waals surface area contributed by atoms with Crippen molar-refractivity contribution in [1.29, 1.82) is 5.26 Å². The van der Waals surface area contributed by atoms with Crippen LogP contribution in [0.4, 0.5) is 0 Å². The molecule has 10 rings (SSSR count). The van der Waals surface area contributed by atoms with Crippen LogP contribution >= 0.6 is 0 Å². The van der Waals surface area contributed by atoms with Crippen molar-refractivity contribution in [2.45, 2.75) is 44.1 Å². The van der Waals surface area contributed by atoms with E-state index in [1.54, 1.807) is 0 Å². The summed E-state index contributed by atoms with van der Waals surface area (Å²) in [6.07, 6.45) is 20.8. The molecule has 2 unspecified atom stereocenters. The predicted octanol–water partition coefficient (Wildman–Crippen LogP) is 10.0. The smallest absolute Gasteiger partial charge is 0.150 e. The van der Waals surface area contributed by atoms with E-state index in [4.69, 9.17) is 4.74 Å². The number of hydrogen-bond donors (Lipinski definition) is 0. The van der Waals surface area contributed by atoms with Gasteiger partial charge in [0.1, 0.15) is 17.9 Å². The van der Waals surface area contributed by atoms with Crippen LogP contribution < -0.4 is 4.74 Å². The largest absolute Gasteiger partial charge is 0.483 e. The molecule has 48 heavy (non-hydrogen) atoms. The van der Waals surface area contributed by atoms with E-state index in [1.165, 1.54) is 33.8 Å². The summed E-state index contributed by atoms with van der Waals surface area (Å²) >= 11 is 0. The van der Waals surface area contributed by atoms with Crippen molar-refractivity contribution >= 4 is 39.7 Å². The number of nitriles is 1. The zero-order chi connectivity index (χ0) is 31.8. The molecule has 1 aliphatic heterocycles. The van der Waals surface area contributed by atoms with E-state index in [0.29, 0.717) is 12.0 Å². The van der Waals surface area contributed by atoms with Crippen LogP contribution in [0.25, 0.3) is 45.3 Å². The van der Waals surface area contributed by atoms with Gasteiger partial charge in [0.15, 0.2) is 0 Å². The highest BCUT2D eigenvalue weighted by Crippen LogP contribution is 2.54. The van der Waals surface area contributed by atoms with Gasteiger partial charge in [-0.15, -0.1) is 0 Å². The summed E-state index contributed by atoms with van der Waals surface area (Å²) in [6.45, 7) is 0. The van der Waals surface area contributed by atoms with Gasteiger partial charge in [0.25, 0.3) is 0 Å². The molecule has 4 nitrogen and oxygen atoms in total. The highest BCUT2D eigenvalue weighted by atomic mass is 16.5. The Labute approximate surface area is 279 Å². The van der Waals surface area contributed by atoms with Gasteiger partial charge in [-0.2, -0.15) is 5.26 Å². The molecule has 228 valence electrons. The molecule has 0 spiro atoms. The number of ether oxygens (including phenoxy) is 1. The third-order valence-electron chi connectivity index (χ3n) is 10.6. The minimum absolute atomic E-state index is 0.0963. The van der Waals surface area contributed by atoms with E-state index in [-0.39, 0.29) is 12.0 Å². The summed E-state index contributed by atoms with van der Waals surface area (Å²) in [6, 6.07) is 34.0. The van der Waals surface area contributed by atoms with Crippen molar-refractivity contribution < 1.29 is 4.74 Å². The lowest BCUT2D eigenvalue weighted by Gasteiger charge is -2.26. The topological polar surface area (TPSA) is 42.9 Å². The van der Waals surface area contributed by atoms with Crippen molar-refractivity contribution in [3.8, 4) is 17.5 Å². The molecule has 4 aliphatic rings. The number of nitrogens with zero attached hydrogens (tertiary/aromatic N) is 3. The van der Waals surface area contributed by atoms with Crippen molar-refractivity contribution in [1.82, 2.24) is 9.13 Å². The molecule has 2 atom stereocenters. The number of para-hydroxylation sites is 3. The van der Waals surface area contributed by atoms with Gasteiger partial charge in [0.2, 0.25) is 0 Å². The van der Waals surface area contributed by atoms with Crippen LogP contribution in [0.15, 0.2) is 103 Å². The van der Waals surface area contributed by atoms with Gasteiger partial charge >= 0.3 is 0 Å². The average Bonchev–Trinajstić information content (AvgIpc) is 3.80. The number of hydrogen-bond acceptors (Lipinski definition) is 2. The Balaban J connectivity index is 1.11. The van der Waals surface area contributed by atoms with Gasteiger partial charge in [-0.3, -0.25) is 0 Å². The zero-order valence-corrected chi connectivity index (χ0v) is 26.4. The highest BCUT2D eigenvalue weighted by Gasteiger charge is 2.42. The van der Waals surface area contributed by atoms with Gasteiger partial charge < -0.3 is 13.9 Å². The number of benzene rings is 3. The predicted molar refractivity (Wildman–Crippen MR) is 192 cm³/mol. The number of allylic oxidation sites excluding steroid dienone is 5. The third-order valence-corrected chi connectivity index (χ3v) is 10.6. The molecule has 0 N–H and O–H groups in total. The van der Waals surface area contributed by atoms with Gasteiger partial charge in [0, 0.05) is 40.2 Å². The van der Waals surface area contributed by atoms with Crippen molar-refractivity contribution in [3.05, 3.63) is 160 Å². The Morgan fingerprint density at radius 3 is 2.69 bits per heavy atom. The van der Waals surface area contributed by atoms with Gasteiger partial charge in [-0.25, -0.2) is 0 Å². The van der Waals surface area contributed by atoms with E-state index in [1.807, 2.05) is 18.2 Å². The summed E-state index contributed by atoms with van der Waals surface area (Å²) in [5.41, 5.74) is 13.8. The summed E-state index contributed by atoms with van der Waals surface area (Å²) in [5, 5.41) is 12.5. The molecule has 0 fully saturated rings. The standard InChI is InChI=1S/C44H31N3O/c45-27-30-14-10-12-28(41(30)47-39-22-8-4-17-32(39)33-18-5-9-23-40(33)47)26-29-13-11-20-36-37-25-24-35-34-19-6-7-21-38(34)46(31-15-2-1-3-16-31)42(35)44(37)48-43(29)36/h1-2,4,7-15,17,20-25,37,44H,3,6,16,19,26H2.